The number of anilines is 1. The molecule has 4 nitrogen and oxygen atoms in total. The number of aryl methyl sites for hydroxylation is 1. The summed E-state index contributed by atoms with van der Waals surface area (Å²) >= 11 is 1.12. The largest absolute Gasteiger partial charge is 0.435 e. The van der Waals surface area contributed by atoms with Gasteiger partial charge in [0, 0.05) is 6.20 Å². The first kappa shape index (κ1) is 18.1. The summed E-state index contributed by atoms with van der Waals surface area (Å²) in [4.78, 5) is 12.6. The number of alkyl halides is 3. The van der Waals surface area contributed by atoms with Crippen LogP contribution in [0.1, 0.15) is 26.5 Å². The summed E-state index contributed by atoms with van der Waals surface area (Å²) in [6.45, 7) is 1.87. The van der Waals surface area contributed by atoms with Crippen LogP contribution in [0.25, 0.3) is 0 Å². The van der Waals surface area contributed by atoms with Gasteiger partial charge in [0.2, 0.25) is 0 Å². The number of nitrogens with one attached hydrogen (secondary N) is 1. The van der Waals surface area contributed by atoms with E-state index in [2.05, 4.69) is 10.4 Å². The topological polar surface area (TPSA) is 46.9 Å². The highest BCUT2D eigenvalue weighted by Gasteiger charge is 2.33. The molecule has 3 aromatic rings. The number of nitrogens with zero attached hydrogens (tertiary/aromatic N) is 2. The highest BCUT2D eigenvalue weighted by atomic mass is 32.1. The first-order valence-corrected chi connectivity index (χ1v) is 8.36. The van der Waals surface area contributed by atoms with E-state index in [0.29, 0.717) is 10.4 Å². The predicted octanol–water partition coefficient (Wildman–Crippen LogP) is 4.71. The van der Waals surface area contributed by atoms with E-state index in [1.165, 1.54) is 18.3 Å². The second-order valence-corrected chi connectivity index (χ2v) is 6.56. The van der Waals surface area contributed by atoms with Crippen LogP contribution in [0, 0.1) is 12.7 Å². The average Bonchev–Trinajstić information content (AvgIpc) is 3.20. The molecule has 0 radical (unpaired) electrons. The summed E-state index contributed by atoms with van der Waals surface area (Å²) in [5, 5.41) is 7.61. The fourth-order valence-electron chi connectivity index (χ4n) is 2.28. The molecular formula is C17H13F4N3OS. The van der Waals surface area contributed by atoms with E-state index in [1.807, 2.05) is 0 Å². The molecular weight excluding hydrogens is 370 g/mol. The number of amides is 1. The lowest BCUT2D eigenvalue weighted by Gasteiger charge is -2.06. The summed E-state index contributed by atoms with van der Waals surface area (Å²) in [5.41, 5.74) is 0.530. The third-order valence-electron chi connectivity index (χ3n) is 3.52. The summed E-state index contributed by atoms with van der Waals surface area (Å²) in [6, 6.07) is 6.81. The molecule has 0 saturated carbocycles. The van der Waals surface area contributed by atoms with Crippen molar-refractivity contribution in [1.82, 2.24) is 9.78 Å². The first-order valence-electron chi connectivity index (χ1n) is 7.48. The average molecular weight is 383 g/mol. The minimum atomic E-state index is -4.50. The second-order valence-electron chi connectivity index (χ2n) is 5.65. The van der Waals surface area contributed by atoms with Gasteiger partial charge >= 0.3 is 6.18 Å². The van der Waals surface area contributed by atoms with E-state index in [4.69, 9.17) is 0 Å². The van der Waals surface area contributed by atoms with Crippen molar-refractivity contribution in [3.05, 3.63) is 69.4 Å². The number of halogens is 4. The van der Waals surface area contributed by atoms with Crippen molar-refractivity contribution in [3.63, 3.8) is 0 Å². The van der Waals surface area contributed by atoms with Crippen molar-refractivity contribution in [1.29, 1.82) is 0 Å². The SMILES string of the molecule is Cc1ccc(F)c(NC(=O)c2cc(Cn3ccc(C(F)(F)F)n3)cs2)c1. The van der Waals surface area contributed by atoms with Gasteiger partial charge in [0.1, 0.15) is 5.82 Å². The molecule has 1 amide bonds. The molecule has 0 unspecified atom stereocenters. The summed E-state index contributed by atoms with van der Waals surface area (Å²) in [7, 11) is 0. The molecule has 9 heteroatoms. The van der Waals surface area contributed by atoms with Gasteiger partial charge < -0.3 is 5.32 Å². The predicted molar refractivity (Wildman–Crippen MR) is 89.7 cm³/mol. The van der Waals surface area contributed by atoms with Crippen LogP contribution in [-0.2, 0) is 12.7 Å². The molecule has 2 heterocycles. The highest BCUT2D eigenvalue weighted by molar-refractivity contribution is 7.12. The Morgan fingerprint density at radius 2 is 2.04 bits per heavy atom. The van der Waals surface area contributed by atoms with Crippen molar-refractivity contribution < 1.29 is 22.4 Å². The Morgan fingerprint density at radius 3 is 2.73 bits per heavy atom. The fraction of sp³-hybridized carbons (Fsp3) is 0.176. The molecule has 26 heavy (non-hydrogen) atoms. The second kappa shape index (κ2) is 6.91. The Bertz CT molecular complexity index is 946. The van der Waals surface area contributed by atoms with E-state index in [9.17, 15) is 22.4 Å². The van der Waals surface area contributed by atoms with Gasteiger partial charge in [-0.1, -0.05) is 6.07 Å². The van der Waals surface area contributed by atoms with E-state index >= 15 is 0 Å². The Hall–Kier alpha value is -2.68. The van der Waals surface area contributed by atoms with Crippen molar-refractivity contribution in [3.8, 4) is 0 Å². The third kappa shape index (κ3) is 4.10. The summed E-state index contributed by atoms with van der Waals surface area (Å²) < 4.78 is 52.5. The van der Waals surface area contributed by atoms with Crippen LogP contribution in [0.2, 0.25) is 0 Å². The van der Waals surface area contributed by atoms with Crippen LogP contribution in [0.5, 0.6) is 0 Å². The zero-order valence-electron chi connectivity index (χ0n) is 13.5. The third-order valence-corrected chi connectivity index (χ3v) is 4.50. The Balaban J connectivity index is 1.70. The van der Waals surface area contributed by atoms with Gasteiger partial charge in [0.25, 0.3) is 5.91 Å². The molecule has 0 atom stereocenters. The molecule has 136 valence electrons. The smallest absolute Gasteiger partial charge is 0.319 e. The number of carbonyl (C=O) groups is 1. The lowest BCUT2D eigenvalue weighted by atomic mass is 10.2. The van der Waals surface area contributed by atoms with E-state index in [1.54, 1.807) is 24.4 Å². The zero-order chi connectivity index (χ0) is 18.9. The van der Waals surface area contributed by atoms with Crippen molar-refractivity contribution >= 4 is 22.9 Å². The lowest BCUT2D eigenvalue weighted by molar-refractivity contribution is -0.141. The maximum absolute atomic E-state index is 13.7. The molecule has 0 aliphatic carbocycles. The lowest BCUT2D eigenvalue weighted by Crippen LogP contribution is -2.11. The number of rotatable bonds is 4. The van der Waals surface area contributed by atoms with E-state index in [-0.39, 0.29) is 12.2 Å². The molecule has 0 bridgehead atoms. The van der Waals surface area contributed by atoms with Gasteiger partial charge in [0.05, 0.1) is 17.1 Å². The maximum Gasteiger partial charge on any atom is 0.435 e. The van der Waals surface area contributed by atoms with Crippen LogP contribution < -0.4 is 5.32 Å². The quantitative estimate of drug-likeness (QED) is 0.663. The number of hydrogen-bond donors (Lipinski definition) is 1. The van der Waals surface area contributed by atoms with Crippen LogP contribution in [-0.4, -0.2) is 15.7 Å². The van der Waals surface area contributed by atoms with Gasteiger partial charge in [-0.25, -0.2) is 4.39 Å². The summed E-state index contributed by atoms with van der Waals surface area (Å²) in [5.74, 6) is -1.03. The van der Waals surface area contributed by atoms with Gasteiger partial charge in [-0.3, -0.25) is 9.48 Å². The van der Waals surface area contributed by atoms with Gasteiger partial charge in [-0.15, -0.1) is 11.3 Å². The molecule has 0 aliphatic rings. The minimum Gasteiger partial charge on any atom is -0.319 e. The zero-order valence-corrected chi connectivity index (χ0v) is 14.3. The highest BCUT2D eigenvalue weighted by Crippen LogP contribution is 2.27. The van der Waals surface area contributed by atoms with Crippen LogP contribution in [0.3, 0.4) is 0 Å². The summed E-state index contributed by atoms with van der Waals surface area (Å²) in [6.07, 6.45) is -3.27. The molecule has 2 aromatic heterocycles. The number of aromatic nitrogens is 2. The number of hydrogen-bond acceptors (Lipinski definition) is 3. The number of carbonyl (C=O) groups excluding carboxylic acids is 1. The molecule has 0 saturated heterocycles. The van der Waals surface area contributed by atoms with Gasteiger partial charge in [-0.05, 0) is 47.7 Å². The molecule has 1 aromatic carbocycles. The van der Waals surface area contributed by atoms with Crippen molar-refractivity contribution in [2.75, 3.05) is 5.32 Å². The standard InChI is InChI=1S/C17H13F4N3OS/c1-10-2-3-12(18)13(6-10)22-16(25)14-7-11(9-26-14)8-24-5-4-15(23-24)17(19,20)21/h2-7,9H,8H2,1H3,(H,22,25). The van der Waals surface area contributed by atoms with Crippen LogP contribution in [0.4, 0.5) is 23.2 Å². The van der Waals surface area contributed by atoms with E-state index in [0.717, 1.165) is 27.6 Å². The van der Waals surface area contributed by atoms with Crippen LogP contribution >= 0.6 is 11.3 Å². The van der Waals surface area contributed by atoms with Crippen LogP contribution in [0.15, 0.2) is 41.9 Å². The van der Waals surface area contributed by atoms with Gasteiger partial charge in [0.15, 0.2) is 5.69 Å². The minimum absolute atomic E-state index is 0.0758. The Labute approximate surface area is 150 Å². The number of thiophene rings is 1. The molecule has 1 N–H and O–H groups in total. The Morgan fingerprint density at radius 1 is 1.27 bits per heavy atom. The monoisotopic (exact) mass is 383 g/mol. The fourth-order valence-corrected chi connectivity index (χ4v) is 3.08. The van der Waals surface area contributed by atoms with E-state index < -0.39 is 23.6 Å². The van der Waals surface area contributed by atoms with Gasteiger partial charge in [-0.2, -0.15) is 18.3 Å². The molecule has 0 fully saturated rings. The maximum atomic E-state index is 13.7. The van der Waals surface area contributed by atoms with Crippen molar-refractivity contribution in [2.24, 2.45) is 0 Å². The van der Waals surface area contributed by atoms with Crippen molar-refractivity contribution in [2.45, 2.75) is 19.6 Å². The Kier molecular flexibility index (Phi) is 4.82. The first-order chi connectivity index (χ1) is 12.2. The molecule has 0 spiro atoms. The normalized spacial score (nSPS) is 11.6. The number of benzene rings is 1. The molecule has 0 aliphatic heterocycles. The molecule has 3 rings (SSSR count).